The zero-order chi connectivity index (χ0) is 15.3. The number of rotatable bonds is 2. The van der Waals surface area contributed by atoms with Crippen molar-refractivity contribution in [3.63, 3.8) is 0 Å². The lowest BCUT2D eigenvalue weighted by atomic mass is 10.0. The van der Waals surface area contributed by atoms with E-state index in [0.717, 1.165) is 32.9 Å². The van der Waals surface area contributed by atoms with Crippen LogP contribution in [0.5, 0.6) is 0 Å². The third kappa shape index (κ3) is 1.82. The molecule has 3 rings (SSSR count). The van der Waals surface area contributed by atoms with Crippen LogP contribution in [0, 0.1) is 24.0 Å². The minimum atomic E-state index is -0.288. The Morgan fingerprint density at radius 1 is 1.10 bits per heavy atom. The maximum atomic E-state index is 11.3. The highest BCUT2D eigenvalue weighted by Gasteiger charge is 2.21. The summed E-state index contributed by atoms with van der Waals surface area (Å²) in [6.45, 7) is 8.09. The van der Waals surface area contributed by atoms with Crippen molar-refractivity contribution in [1.29, 1.82) is 0 Å². The molecular weight excluding hydrogens is 264 g/mol. The van der Waals surface area contributed by atoms with Crippen molar-refractivity contribution >= 4 is 27.5 Å². The molecule has 0 aliphatic heterocycles. The zero-order valence-electron chi connectivity index (χ0n) is 12.7. The molecule has 4 heteroatoms. The van der Waals surface area contributed by atoms with Gasteiger partial charge in [0.25, 0.3) is 5.69 Å². The van der Waals surface area contributed by atoms with E-state index >= 15 is 0 Å². The highest BCUT2D eigenvalue weighted by molar-refractivity contribution is 6.10. The molecule has 0 fully saturated rings. The predicted octanol–water partition coefficient (Wildman–Crippen LogP) is 4.90. The molecule has 0 N–H and O–H groups in total. The van der Waals surface area contributed by atoms with E-state index in [4.69, 9.17) is 0 Å². The lowest BCUT2D eigenvalue weighted by Crippen LogP contribution is -2.03. The van der Waals surface area contributed by atoms with Gasteiger partial charge in [-0.3, -0.25) is 10.1 Å². The van der Waals surface area contributed by atoms with Gasteiger partial charge in [0.15, 0.2) is 0 Å². The van der Waals surface area contributed by atoms with E-state index < -0.39 is 0 Å². The van der Waals surface area contributed by atoms with Gasteiger partial charge in [0.1, 0.15) is 0 Å². The molecule has 1 heterocycles. The first kappa shape index (κ1) is 13.6. The zero-order valence-corrected chi connectivity index (χ0v) is 12.7. The van der Waals surface area contributed by atoms with Crippen LogP contribution in [0.15, 0.2) is 30.3 Å². The van der Waals surface area contributed by atoms with Crippen molar-refractivity contribution in [1.82, 2.24) is 4.57 Å². The standard InChI is InChI=1S/C17H18N2O2/c1-10(2)18-15-8-6-5-7-13(15)14-9-16(19(20)21)11(3)12(4)17(14)18/h5-10H,1-4H3. The lowest BCUT2D eigenvalue weighted by Gasteiger charge is -2.14. The Bertz CT molecular complexity index is 875. The van der Waals surface area contributed by atoms with Crippen molar-refractivity contribution in [2.45, 2.75) is 33.7 Å². The van der Waals surface area contributed by atoms with Gasteiger partial charge in [-0.2, -0.15) is 0 Å². The Hall–Kier alpha value is -2.36. The molecule has 0 saturated heterocycles. The van der Waals surface area contributed by atoms with Gasteiger partial charge in [0, 0.05) is 34.0 Å². The molecule has 3 aromatic rings. The summed E-state index contributed by atoms with van der Waals surface area (Å²) >= 11 is 0. The van der Waals surface area contributed by atoms with Crippen molar-refractivity contribution in [3.05, 3.63) is 51.6 Å². The molecule has 0 amide bonds. The molecule has 0 atom stereocenters. The number of nitro groups is 1. The summed E-state index contributed by atoms with van der Waals surface area (Å²) in [5.41, 5.74) is 4.17. The van der Waals surface area contributed by atoms with Gasteiger partial charge in [0.2, 0.25) is 0 Å². The van der Waals surface area contributed by atoms with E-state index in [-0.39, 0.29) is 10.6 Å². The second kappa shape index (κ2) is 4.58. The summed E-state index contributed by atoms with van der Waals surface area (Å²) < 4.78 is 2.27. The molecule has 1 aromatic heterocycles. The van der Waals surface area contributed by atoms with E-state index in [1.54, 1.807) is 6.07 Å². The molecule has 0 bridgehead atoms. The molecule has 0 aliphatic carbocycles. The van der Waals surface area contributed by atoms with Gasteiger partial charge in [-0.05, 0) is 39.3 Å². The molecule has 0 unspecified atom stereocenters. The highest BCUT2D eigenvalue weighted by atomic mass is 16.6. The van der Waals surface area contributed by atoms with Gasteiger partial charge in [0.05, 0.1) is 10.4 Å². The topological polar surface area (TPSA) is 48.1 Å². The fourth-order valence-electron chi connectivity index (χ4n) is 3.16. The summed E-state index contributed by atoms with van der Waals surface area (Å²) in [6.07, 6.45) is 0. The Labute approximate surface area is 123 Å². The molecule has 2 aromatic carbocycles. The van der Waals surface area contributed by atoms with Crippen LogP contribution in [0.2, 0.25) is 0 Å². The van der Waals surface area contributed by atoms with Crippen molar-refractivity contribution in [3.8, 4) is 0 Å². The molecule has 4 nitrogen and oxygen atoms in total. The minimum absolute atomic E-state index is 0.201. The van der Waals surface area contributed by atoms with Crippen LogP contribution in [0.1, 0.15) is 31.0 Å². The summed E-state index contributed by atoms with van der Waals surface area (Å²) in [5, 5.41) is 13.3. The van der Waals surface area contributed by atoms with Crippen molar-refractivity contribution in [2.75, 3.05) is 0 Å². The van der Waals surface area contributed by atoms with Crippen molar-refractivity contribution < 1.29 is 4.92 Å². The fourth-order valence-corrected chi connectivity index (χ4v) is 3.16. The maximum Gasteiger partial charge on any atom is 0.273 e. The molecule has 0 aliphatic rings. The number of fused-ring (bicyclic) bond motifs is 3. The Balaban J connectivity index is 2.61. The smallest absolute Gasteiger partial charge is 0.273 e. The molecule has 0 radical (unpaired) electrons. The number of benzene rings is 2. The van der Waals surface area contributed by atoms with Gasteiger partial charge >= 0.3 is 0 Å². The number of aromatic nitrogens is 1. The third-order valence-electron chi connectivity index (χ3n) is 4.25. The van der Waals surface area contributed by atoms with Crippen molar-refractivity contribution in [2.24, 2.45) is 0 Å². The van der Waals surface area contributed by atoms with Gasteiger partial charge < -0.3 is 4.57 Å². The lowest BCUT2D eigenvalue weighted by molar-refractivity contribution is -0.385. The van der Waals surface area contributed by atoms with Crippen LogP contribution in [-0.4, -0.2) is 9.49 Å². The first-order chi connectivity index (χ1) is 9.93. The first-order valence-electron chi connectivity index (χ1n) is 7.10. The van der Waals surface area contributed by atoms with E-state index in [2.05, 4.69) is 24.5 Å². The Kier molecular flexibility index (Phi) is 2.97. The summed E-state index contributed by atoms with van der Waals surface area (Å²) in [6, 6.07) is 10.1. The average Bonchev–Trinajstić information content (AvgIpc) is 2.77. The molecule has 0 spiro atoms. The van der Waals surface area contributed by atoms with E-state index in [1.807, 2.05) is 32.0 Å². The summed E-state index contributed by atoms with van der Waals surface area (Å²) in [5.74, 6) is 0. The Morgan fingerprint density at radius 2 is 1.76 bits per heavy atom. The average molecular weight is 282 g/mol. The normalized spacial score (nSPS) is 11.7. The fraction of sp³-hybridized carbons (Fsp3) is 0.294. The van der Waals surface area contributed by atoms with Gasteiger partial charge in [-0.1, -0.05) is 18.2 Å². The van der Waals surface area contributed by atoms with Crippen LogP contribution < -0.4 is 0 Å². The summed E-state index contributed by atoms with van der Waals surface area (Å²) in [7, 11) is 0. The number of hydrogen-bond acceptors (Lipinski definition) is 2. The van der Waals surface area contributed by atoms with Crippen LogP contribution >= 0.6 is 0 Å². The second-order valence-electron chi connectivity index (χ2n) is 5.78. The maximum absolute atomic E-state index is 11.3. The monoisotopic (exact) mass is 282 g/mol. The molecular formula is C17H18N2O2. The van der Waals surface area contributed by atoms with E-state index in [0.29, 0.717) is 6.04 Å². The largest absolute Gasteiger partial charge is 0.338 e. The number of nitrogens with zero attached hydrogens (tertiary/aromatic N) is 2. The van der Waals surface area contributed by atoms with E-state index in [9.17, 15) is 10.1 Å². The molecule has 0 saturated carbocycles. The van der Waals surface area contributed by atoms with E-state index in [1.165, 1.54) is 0 Å². The van der Waals surface area contributed by atoms with Gasteiger partial charge in [-0.25, -0.2) is 0 Å². The Morgan fingerprint density at radius 3 is 2.38 bits per heavy atom. The predicted molar refractivity (Wildman–Crippen MR) is 86.0 cm³/mol. The second-order valence-corrected chi connectivity index (χ2v) is 5.78. The highest BCUT2D eigenvalue weighted by Crippen LogP contribution is 2.38. The van der Waals surface area contributed by atoms with Crippen LogP contribution in [0.4, 0.5) is 5.69 Å². The quantitative estimate of drug-likeness (QED) is 0.495. The number of hydrogen-bond donors (Lipinski definition) is 0. The van der Waals surface area contributed by atoms with Crippen LogP contribution in [-0.2, 0) is 0 Å². The van der Waals surface area contributed by atoms with Gasteiger partial charge in [-0.15, -0.1) is 0 Å². The molecule has 21 heavy (non-hydrogen) atoms. The third-order valence-corrected chi connectivity index (χ3v) is 4.25. The van der Waals surface area contributed by atoms with Crippen LogP contribution in [0.3, 0.4) is 0 Å². The summed E-state index contributed by atoms with van der Waals surface area (Å²) in [4.78, 5) is 11.0. The number of para-hydroxylation sites is 1. The minimum Gasteiger partial charge on any atom is -0.338 e. The van der Waals surface area contributed by atoms with Crippen LogP contribution in [0.25, 0.3) is 21.8 Å². The number of aryl methyl sites for hydroxylation is 1. The first-order valence-corrected chi connectivity index (χ1v) is 7.10. The SMILES string of the molecule is Cc1c([N+](=O)[O-])cc2c3ccccc3n(C(C)C)c2c1C. The number of nitro benzene ring substituents is 1. The molecule has 108 valence electrons.